The zero-order valence-corrected chi connectivity index (χ0v) is 10.9. The highest BCUT2D eigenvalue weighted by Gasteiger charge is 2.19. The van der Waals surface area contributed by atoms with Crippen LogP contribution in [-0.2, 0) is 0 Å². The molecule has 2 N–H and O–H groups in total. The predicted octanol–water partition coefficient (Wildman–Crippen LogP) is 2.69. The van der Waals surface area contributed by atoms with E-state index in [-0.39, 0.29) is 5.41 Å². The van der Waals surface area contributed by atoms with E-state index in [0.29, 0.717) is 6.04 Å². The first-order chi connectivity index (χ1) is 6.38. The predicted molar refractivity (Wildman–Crippen MR) is 67.6 cm³/mol. The van der Waals surface area contributed by atoms with E-state index in [0.717, 1.165) is 11.7 Å². The van der Waals surface area contributed by atoms with Crippen molar-refractivity contribution in [2.75, 3.05) is 6.54 Å². The van der Waals surface area contributed by atoms with E-state index >= 15 is 0 Å². The molecule has 0 spiro atoms. The van der Waals surface area contributed by atoms with Gasteiger partial charge in [0.15, 0.2) is 5.11 Å². The van der Waals surface area contributed by atoms with Gasteiger partial charge in [0.25, 0.3) is 0 Å². The van der Waals surface area contributed by atoms with Crippen LogP contribution in [0.15, 0.2) is 0 Å². The SMILES string of the molecule is CCCCNC(=S)NC(C)C(C)(C)C. The van der Waals surface area contributed by atoms with Crippen LogP contribution in [0.5, 0.6) is 0 Å². The van der Waals surface area contributed by atoms with Crippen molar-refractivity contribution in [3.05, 3.63) is 0 Å². The van der Waals surface area contributed by atoms with Crippen LogP contribution < -0.4 is 10.6 Å². The first kappa shape index (κ1) is 13.7. The first-order valence-corrected chi connectivity index (χ1v) is 5.83. The van der Waals surface area contributed by atoms with Gasteiger partial charge in [-0.1, -0.05) is 34.1 Å². The van der Waals surface area contributed by atoms with Gasteiger partial charge in [-0.3, -0.25) is 0 Å². The van der Waals surface area contributed by atoms with Crippen LogP contribution in [0, 0.1) is 5.41 Å². The number of hydrogen-bond donors (Lipinski definition) is 2. The van der Waals surface area contributed by atoms with E-state index < -0.39 is 0 Å². The molecule has 2 nitrogen and oxygen atoms in total. The van der Waals surface area contributed by atoms with Crippen molar-refractivity contribution in [1.29, 1.82) is 0 Å². The lowest BCUT2D eigenvalue weighted by Gasteiger charge is -2.29. The zero-order chi connectivity index (χ0) is 11.2. The topological polar surface area (TPSA) is 24.1 Å². The molecule has 0 saturated carbocycles. The molecule has 3 heteroatoms. The third-order valence-electron chi connectivity index (χ3n) is 2.46. The van der Waals surface area contributed by atoms with Gasteiger partial charge in [-0.25, -0.2) is 0 Å². The van der Waals surface area contributed by atoms with Crippen molar-refractivity contribution in [1.82, 2.24) is 10.6 Å². The second kappa shape index (κ2) is 6.23. The molecule has 84 valence electrons. The third kappa shape index (κ3) is 6.19. The summed E-state index contributed by atoms with van der Waals surface area (Å²) in [5.74, 6) is 0. The van der Waals surface area contributed by atoms with E-state index in [9.17, 15) is 0 Å². The van der Waals surface area contributed by atoms with Gasteiger partial charge in [0, 0.05) is 12.6 Å². The minimum atomic E-state index is 0.247. The Morgan fingerprint density at radius 3 is 2.36 bits per heavy atom. The van der Waals surface area contributed by atoms with E-state index in [1.54, 1.807) is 0 Å². The normalized spacial score (nSPS) is 13.5. The molecule has 0 aromatic rings. The number of rotatable bonds is 4. The standard InChI is InChI=1S/C11H24N2S/c1-6-7-8-12-10(14)13-9(2)11(3,4)5/h9H,6-8H2,1-5H3,(H2,12,13,14). The second-order valence-corrected chi connectivity index (χ2v) is 5.25. The molecule has 0 aliphatic rings. The van der Waals surface area contributed by atoms with E-state index in [4.69, 9.17) is 12.2 Å². The van der Waals surface area contributed by atoms with Crippen LogP contribution in [-0.4, -0.2) is 17.7 Å². The van der Waals surface area contributed by atoms with Crippen LogP contribution in [0.25, 0.3) is 0 Å². The minimum absolute atomic E-state index is 0.247. The Morgan fingerprint density at radius 2 is 1.93 bits per heavy atom. The summed E-state index contributed by atoms with van der Waals surface area (Å²) in [7, 11) is 0. The van der Waals surface area contributed by atoms with Crippen LogP contribution >= 0.6 is 12.2 Å². The van der Waals surface area contributed by atoms with Gasteiger partial charge in [0.2, 0.25) is 0 Å². The van der Waals surface area contributed by atoms with Gasteiger partial charge in [-0.2, -0.15) is 0 Å². The van der Waals surface area contributed by atoms with Gasteiger partial charge < -0.3 is 10.6 Å². The molecule has 0 aromatic carbocycles. The van der Waals surface area contributed by atoms with Crippen molar-refractivity contribution >= 4 is 17.3 Å². The quantitative estimate of drug-likeness (QED) is 0.558. The maximum atomic E-state index is 5.19. The van der Waals surface area contributed by atoms with Gasteiger partial charge >= 0.3 is 0 Å². The maximum Gasteiger partial charge on any atom is 0.166 e. The van der Waals surface area contributed by atoms with Gasteiger partial charge in [-0.15, -0.1) is 0 Å². The van der Waals surface area contributed by atoms with Crippen molar-refractivity contribution < 1.29 is 0 Å². The summed E-state index contributed by atoms with van der Waals surface area (Å²) in [6.45, 7) is 11.9. The average Bonchev–Trinajstić information content (AvgIpc) is 2.03. The number of hydrogen-bond acceptors (Lipinski definition) is 1. The Kier molecular flexibility index (Phi) is 6.09. The first-order valence-electron chi connectivity index (χ1n) is 5.42. The summed E-state index contributed by atoms with van der Waals surface area (Å²) in [5.41, 5.74) is 0.247. The molecule has 0 aromatic heterocycles. The highest BCUT2D eigenvalue weighted by atomic mass is 32.1. The molecule has 0 aliphatic heterocycles. The van der Waals surface area contributed by atoms with Crippen molar-refractivity contribution in [2.24, 2.45) is 5.41 Å². The van der Waals surface area contributed by atoms with Crippen LogP contribution in [0.4, 0.5) is 0 Å². The fourth-order valence-electron chi connectivity index (χ4n) is 0.843. The van der Waals surface area contributed by atoms with E-state index in [1.807, 2.05) is 0 Å². The molecule has 0 rings (SSSR count). The van der Waals surface area contributed by atoms with Gasteiger partial charge in [-0.05, 0) is 31.0 Å². The number of unbranched alkanes of at least 4 members (excludes halogenated alkanes) is 1. The highest BCUT2D eigenvalue weighted by molar-refractivity contribution is 7.80. The summed E-state index contributed by atoms with van der Waals surface area (Å²) in [6, 6.07) is 0.393. The van der Waals surface area contributed by atoms with E-state index in [2.05, 4.69) is 45.3 Å². The monoisotopic (exact) mass is 216 g/mol. The van der Waals surface area contributed by atoms with Gasteiger partial charge in [0.1, 0.15) is 0 Å². The fraction of sp³-hybridized carbons (Fsp3) is 0.909. The lowest BCUT2D eigenvalue weighted by molar-refractivity contribution is 0.315. The molecule has 0 saturated heterocycles. The molecule has 0 heterocycles. The molecular formula is C11H24N2S. The summed E-state index contributed by atoms with van der Waals surface area (Å²) in [6.07, 6.45) is 2.37. The van der Waals surface area contributed by atoms with Crippen LogP contribution in [0.3, 0.4) is 0 Å². The molecule has 0 radical (unpaired) electrons. The highest BCUT2D eigenvalue weighted by Crippen LogP contribution is 2.18. The lowest BCUT2D eigenvalue weighted by atomic mass is 9.88. The van der Waals surface area contributed by atoms with Crippen LogP contribution in [0.2, 0.25) is 0 Å². The summed E-state index contributed by atoms with van der Waals surface area (Å²) in [5, 5.41) is 7.28. The van der Waals surface area contributed by atoms with Crippen LogP contribution in [0.1, 0.15) is 47.5 Å². The Morgan fingerprint density at radius 1 is 1.36 bits per heavy atom. The minimum Gasteiger partial charge on any atom is -0.363 e. The number of nitrogens with one attached hydrogen (secondary N) is 2. The van der Waals surface area contributed by atoms with Gasteiger partial charge in [0.05, 0.1) is 0 Å². The van der Waals surface area contributed by atoms with Crippen molar-refractivity contribution in [2.45, 2.75) is 53.5 Å². The second-order valence-electron chi connectivity index (χ2n) is 4.84. The molecule has 1 unspecified atom stereocenters. The van der Waals surface area contributed by atoms with Crippen molar-refractivity contribution in [3.63, 3.8) is 0 Å². The van der Waals surface area contributed by atoms with Crippen molar-refractivity contribution in [3.8, 4) is 0 Å². The molecular weight excluding hydrogens is 192 g/mol. The number of thiocarbonyl (C=S) groups is 1. The molecule has 14 heavy (non-hydrogen) atoms. The maximum absolute atomic E-state index is 5.19. The molecule has 1 atom stereocenters. The summed E-state index contributed by atoms with van der Waals surface area (Å²) in [4.78, 5) is 0. The summed E-state index contributed by atoms with van der Waals surface area (Å²) >= 11 is 5.19. The summed E-state index contributed by atoms with van der Waals surface area (Å²) < 4.78 is 0. The Bertz CT molecular complexity index is 173. The van der Waals surface area contributed by atoms with E-state index in [1.165, 1.54) is 12.8 Å². The largest absolute Gasteiger partial charge is 0.363 e. The Balaban J connectivity index is 3.72. The third-order valence-corrected chi connectivity index (χ3v) is 2.72. The molecule has 0 fully saturated rings. The zero-order valence-electron chi connectivity index (χ0n) is 10.1. The Hall–Kier alpha value is -0.310. The Labute approximate surface area is 93.8 Å². The molecule has 0 amide bonds. The molecule has 0 bridgehead atoms. The molecule has 0 aliphatic carbocycles. The smallest absolute Gasteiger partial charge is 0.166 e. The average molecular weight is 216 g/mol. The lowest BCUT2D eigenvalue weighted by Crippen LogP contribution is -2.46. The fourth-order valence-corrected chi connectivity index (χ4v) is 1.12.